The minimum atomic E-state index is -0.844. The Labute approximate surface area is 456 Å². The molecule has 73 heavy (non-hydrogen) atoms. The molecule has 6 heteroatoms. The van der Waals surface area contributed by atoms with Crippen LogP contribution in [-0.4, -0.2) is 47.4 Å². The van der Waals surface area contributed by atoms with Crippen LogP contribution in [0.4, 0.5) is 0 Å². The molecule has 2 unspecified atom stereocenters. The van der Waals surface area contributed by atoms with Gasteiger partial charge in [-0.2, -0.15) is 0 Å². The van der Waals surface area contributed by atoms with E-state index in [4.69, 9.17) is 4.74 Å². The lowest BCUT2D eigenvalue weighted by molar-refractivity contribution is -0.143. The fourth-order valence-electron chi connectivity index (χ4n) is 10.4. The van der Waals surface area contributed by atoms with Crippen LogP contribution >= 0.6 is 0 Å². The number of aliphatic hydroxyl groups is 2. The molecule has 0 aromatic carbocycles. The third-order valence-corrected chi connectivity index (χ3v) is 15.5. The Morgan fingerprint density at radius 2 is 0.644 bits per heavy atom. The summed E-state index contributed by atoms with van der Waals surface area (Å²) in [5.41, 5.74) is 0. The lowest BCUT2D eigenvalue weighted by Crippen LogP contribution is -2.45. The zero-order valence-corrected chi connectivity index (χ0v) is 49.4. The molecule has 0 aliphatic heterocycles. The van der Waals surface area contributed by atoms with E-state index in [9.17, 15) is 19.8 Å². The summed E-state index contributed by atoms with van der Waals surface area (Å²) < 4.78 is 5.49. The van der Waals surface area contributed by atoms with Gasteiger partial charge in [0, 0.05) is 12.8 Å². The quantitative estimate of drug-likeness (QED) is 0.0320. The SMILES string of the molecule is CCCCCCCCC/C=C\CCCCCCCC(=O)OCCCCCCCCCCCCCCCCCCCCCCCCCC(=O)NC(CO)C(O)/C=C/CCCCCCCCCCCCCCCCC. The first-order valence-electron chi connectivity index (χ1n) is 33.1. The molecule has 0 heterocycles. The van der Waals surface area contributed by atoms with Crippen molar-refractivity contribution in [2.24, 2.45) is 0 Å². The van der Waals surface area contributed by atoms with Gasteiger partial charge in [-0.15, -0.1) is 0 Å². The van der Waals surface area contributed by atoms with Crippen molar-refractivity contribution < 1.29 is 24.5 Å². The largest absolute Gasteiger partial charge is 0.466 e. The van der Waals surface area contributed by atoms with Crippen LogP contribution in [0.1, 0.15) is 367 Å². The van der Waals surface area contributed by atoms with E-state index in [1.165, 1.54) is 295 Å². The molecule has 0 aromatic rings. The van der Waals surface area contributed by atoms with E-state index in [1.54, 1.807) is 6.08 Å². The van der Waals surface area contributed by atoms with Gasteiger partial charge in [-0.05, 0) is 57.8 Å². The molecule has 0 bridgehead atoms. The first kappa shape index (κ1) is 71.3. The molecule has 2 atom stereocenters. The Bertz CT molecular complexity index is 1140. The van der Waals surface area contributed by atoms with Gasteiger partial charge in [0.05, 0.1) is 25.4 Å². The third-order valence-electron chi connectivity index (χ3n) is 15.5. The van der Waals surface area contributed by atoms with Crippen molar-refractivity contribution in [3.63, 3.8) is 0 Å². The molecule has 0 aliphatic rings. The van der Waals surface area contributed by atoms with Gasteiger partial charge >= 0.3 is 5.97 Å². The highest BCUT2D eigenvalue weighted by Crippen LogP contribution is 2.18. The van der Waals surface area contributed by atoms with Crippen LogP contribution in [0.15, 0.2) is 24.3 Å². The third kappa shape index (κ3) is 59.4. The first-order chi connectivity index (χ1) is 36.0. The maximum absolute atomic E-state index is 12.5. The predicted molar refractivity (Wildman–Crippen MR) is 320 cm³/mol. The zero-order chi connectivity index (χ0) is 52.9. The predicted octanol–water partition coefficient (Wildman–Crippen LogP) is 21.0. The Balaban J connectivity index is 3.39. The molecule has 6 nitrogen and oxygen atoms in total. The molecule has 0 spiro atoms. The molecule has 0 saturated carbocycles. The van der Waals surface area contributed by atoms with Gasteiger partial charge in [0.2, 0.25) is 5.91 Å². The molecular weight excluding hydrogens is 899 g/mol. The zero-order valence-electron chi connectivity index (χ0n) is 49.4. The van der Waals surface area contributed by atoms with Crippen molar-refractivity contribution >= 4 is 11.9 Å². The molecule has 0 rings (SSSR count). The van der Waals surface area contributed by atoms with Gasteiger partial charge < -0.3 is 20.3 Å². The summed E-state index contributed by atoms with van der Waals surface area (Å²) in [6, 6.07) is -0.627. The Hall–Kier alpha value is -1.66. The maximum Gasteiger partial charge on any atom is 0.305 e. The normalized spacial score (nSPS) is 12.7. The standard InChI is InChI=1S/C67H129NO5/c1-3-5-7-9-11-13-15-17-19-28-31-35-39-43-47-51-55-59-65(70)64(63-69)68-66(71)60-56-52-48-44-40-36-32-29-26-24-22-21-23-25-27-30-34-38-42-46-50-54-58-62-73-67(72)61-57-53-49-45-41-37-33-20-18-16-14-12-10-8-6-4-2/h20,33,55,59,64-65,69-70H,3-19,21-32,34-54,56-58,60-63H2,1-2H3,(H,68,71)/b33-20-,59-55+. The van der Waals surface area contributed by atoms with Gasteiger partial charge in [0.25, 0.3) is 0 Å². The van der Waals surface area contributed by atoms with Crippen molar-refractivity contribution in [2.45, 2.75) is 379 Å². The fraction of sp³-hybridized carbons (Fsp3) is 0.910. The van der Waals surface area contributed by atoms with Gasteiger partial charge in [0.1, 0.15) is 0 Å². The smallest absolute Gasteiger partial charge is 0.305 e. The molecule has 0 aliphatic carbocycles. The number of unbranched alkanes of at least 4 members (excludes halogenated alkanes) is 49. The second-order valence-corrected chi connectivity index (χ2v) is 22.8. The fourth-order valence-corrected chi connectivity index (χ4v) is 10.4. The number of ether oxygens (including phenoxy) is 1. The summed E-state index contributed by atoms with van der Waals surface area (Å²) in [6.07, 6.45) is 78.0. The average molecular weight is 1030 g/mol. The summed E-state index contributed by atoms with van der Waals surface area (Å²) in [4.78, 5) is 24.6. The molecule has 0 fully saturated rings. The number of carbonyl (C=O) groups excluding carboxylic acids is 2. The van der Waals surface area contributed by atoms with Crippen molar-refractivity contribution in [1.29, 1.82) is 0 Å². The van der Waals surface area contributed by atoms with E-state index in [2.05, 4.69) is 31.3 Å². The van der Waals surface area contributed by atoms with Gasteiger partial charge in [-0.25, -0.2) is 0 Å². The number of hydrogen-bond acceptors (Lipinski definition) is 5. The van der Waals surface area contributed by atoms with Crippen LogP contribution in [0, 0.1) is 0 Å². The summed E-state index contributed by atoms with van der Waals surface area (Å²) >= 11 is 0. The number of esters is 1. The van der Waals surface area contributed by atoms with Gasteiger partial charge in [-0.1, -0.05) is 321 Å². The van der Waals surface area contributed by atoms with E-state index in [-0.39, 0.29) is 18.5 Å². The van der Waals surface area contributed by atoms with Crippen molar-refractivity contribution in [1.82, 2.24) is 5.32 Å². The van der Waals surface area contributed by atoms with Crippen molar-refractivity contribution in [3.8, 4) is 0 Å². The molecule has 432 valence electrons. The Morgan fingerprint density at radius 1 is 0.370 bits per heavy atom. The number of hydrogen-bond donors (Lipinski definition) is 3. The summed E-state index contributed by atoms with van der Waals surface area (Å²) in [5, 5.41) is 23.2. The van der Waals surface area contributed by atoms with E-state index >= 15 is 0 Å². The highest BCUT2D eigenvalue weighted by atomic mass is 16.5. The van der Waals surface area contributed by atoms with Crippen LogP contribution in [0.3, 0.4) is 0 Å². The van der Waals surface area contributed by atoms with E-state index < -0.39 is 12.1 Å². The molecule has 0 radical (unpaired) electrons. The summed E-state index contributed by atoms with van der Waals surface area (Å²) in [6.45, 7) is 4.93. The number of aliphatic hydroxyl groups excluding tert-OH is 2. The molecule has 3 N–H and O–H groups in total. The van der Waals surface area contributed by atoms with Crippen LogP contribution in [0.2, 0.25) is 0 Å². The van der Waals surface area contributed by atoms with Crippen LogP contribution in [0.25, 0.3) is 0 Å². The second kappa shape index (κ2) is 62.9. The average Bonchev–Trinajstić information content (AvgIpc) is 3.39. The second-order valence-electron chi connectivity index (χ2n) is 22.8. The van der Waals surface area contributed by atoms with E-state index in [1.807, 2.05) is 6.08 Å². The number of rotatable bonds is 62. The van der Waals surface area contributed by atoms with Crippen LogP contribution in [0.5, 0.6) is 0 Å². The minimum absolute atomic E-state index is 0.00709. The number of amides is 1. The highest BCUT2D eigenvalue weighted by molar-refractivity contribution is 5.76. The highest BCUT2D eigenvalue weighted by Gasteiger charge is 2.18. The van der Waals surface area contributed by atoms with Gasteiger partial charge in [0.15, 0.2) is 0 Å². The van der Waals surface area contributed by atoms with Crippen LogP contribution < -0.4 is 5.32 Å². The van der Waals surface area contributed by atoms with E-state index in [0.29, 0.717) is 19.4 Å². The van der Waals surface area contributed by atoms with Gasteiger partial charge in [-0.3, -0.25) is 9.59 Å². The lowest BCUT2D eigenvalue weighted by Gasteiger charge is -2.20. The Morgan fingerprint density at radius 3 is 0.973 bits per heavy atom. The number of carbonyl (C=O) groups is 2. The Kier molecular flexibility index (Phi) is 61.4. The number of allylic oxidation sites excluding steroid dienone is 3. The minimum Gasteiger partial charge on any atom is -0.466 e. The summed E-state index contributed by atoms with van der Waals surface area (Å²) in [5.74, 6) is -0.0577. The molecule has 1 amide bonds. The number of nitrogens with one attached hydrogen (secondary N) is 1. The van der Waals surface area contributed by atoms with E-state index in [0.717, 1.165) is 44.9 Å². The topological polar surface area (TPSA) is 95.9 Å². The molecular formula is C67H129NO5. The lowest BCUT2D eigenvalue weighted by atomic mass is 10.0. The maximum atomic E-state index is 12.5. The van der Waals surface area contributed by atoms with Crippen molar-refractivity contribution in [3.05, 3.63) is 24.3 Å². The molecule has 0 aromatic heterocycles. The van der Waals surface area contributed by atoms with Crippen LogP contribution in [-0.2, 0) is 14.3 Å². The summed E-state index contributed by atoms with van der Waals surface area (Å²) in [7, 11) is 0. The monoisotopic (exact) mass is 1030 g/mol. The molecule has 0 saturated heterocycles. The van der Waals surface area contributed by atoms with Crippen molar-refractivity contribution in [2.75, 3.05) is 13.2 Å². The first-order valence-corrected chi connectivity index (χ1v) is 33.1.